The molecule has 1 aliphatic rings. The lowest BCUT2D eigenvalue weighted by atomic mass is 10.1. The van der Waals surface area contributed by atoms with Gasteiger partial charge in [-0.05, 0) is 32.4 Å². The third-order valence-corrected chi connectivity index (χ3v) is 3.75. The van der Waals surface area contributed by atoms with Crippen LogP contribution in [0.15, 0.2) is 0 Å². The van der Waals surface area contributed by atoms with Crippen LogP contribution in [0, 0.1) is 5.41 Å². The van der Waals surface area contributed by atoms with Crippen molar-refractivity contribution < 1.29 is 4.79 Å². The second-order valence-corrected chi connectivity index (χ2v) is 5.08. The number of likely N-dealkylation sites (N-methyl/N-ethyl adjacent to an activating group) is 1. The summed E-state index contributed by atoms with van der Waals surface area (Å²) in [7, 11) is 0. The number of rotatable bonds is 8. The van der Waals surface area contributed by atoms with E-state index in [1.54, 1.807) is 0 Å². The Morgan fingerprint density at radius 2 is 2.06 bits per heavy atom. The first-order valence-electron chi connectivity index (χ1n) is 6.37. The van der Waals surface area contributed by atoms with Gasteiger partial charge in [-0.25, -0.2) is 0 Å². The summed E-state index contributed by atoms with van der Waals surface area (Å²) in [6.07, 6.45) is 2.75. The maximum absolute atomic E-state index is 11.9. The summed E-state index contributed by atoms with van der Waals surface area (Å²) in [5.74, 6) is 0.0116. The molecule has 1 rings (SSSR count). The minimum atomic E-state index is -0.517. The maximum atomic E-state index is 11.9. The number of nitrogens with two attached hydrogens (primary N) is 1. The molecular formula is C12H23N3OS. The van der Waals surface area contributed by atoms with Gasteiger partial charge in [0.05, 0.1) is 10.4 Å². The van der Waals surface area contributed by atoms with E-state index in [4.69, 9.17) is 18.0 Å². The van der Waals surface area contributed by atoms with Gasteiger partial charge in [0.15, 0.2) is 0 Å². The molecule has 0 saturated heterocycles. The Labute approximate surface area is 109 Å². The number of carbonyl (C=O) groups is 1. The van der Waals surface area contributed by atoms with E-state index in [1.165, 1.54) is 0 Å². The minimum Gasteiger partial charge on any atom is -0.392 e. The first-order valence-corrected chi connectivity index (χ1v) is 6.78. The fraction of sp³-hybridized carbons (Fsp3) is 0.833. The van der Waals surface area contributed by atoms with Gasteiger partial charge in [0.25, 0.3) is 0 Å². The van der Waals surface area contributed by atoms with Gasteiger partial charge in [-0.3, -0.25) is 4.79 Å². The zero-order valence-electron chi connectivity index (χ0n) is 10.8. The van der Waals surface area contributed by atoms with Gasteiger partial charge in [0, 0.05) is 13.1 Å². The van der Waals surface area contributed by atoms with Crippen LogP contribution in [-0.2, 0) is 4.79 Å². The zero-order chi connectivity index (χ0) is 12.9. The van der Waals surface area contributed by atoms with E-state index in [-0.39, 0.29) is 5.91 Å². The monoisotopic (exact) mass is 257 g/mol. The molecule has 0 unspecified atom stereocenters. The van der Waals surface area contributed by atoms with Crippen LogP contribution >= 0.6 is 12.2 Å². The molecule has 17 heavy (non-hydrogen) atoms. The lowest BCUT2D eigenvalue weighted by Gasteiger charge is -2.20. The first-order chi connectivity index (χ1) is 8.06. The molecular weight excluding hydrogens is 234 g/mol. The molecule has 5 heteroatoms. The fourth-order valence-corrected chi connectivity index (χ4v) is 2.25. The quantitative estimate of drug-likeness (QED) is 0.634. The van der Waals surface area contributed by atoms with Crippen molar-refractivity contribution in [3.8, 4) is 0 Å². The number of carbonyl (C=O) groups excluding carboxylic acids is 1. The molecule has 0 spiro atoms. The van der Waals surface area contributed by atoms with E-state index in [9.17, 15) is 4.79 Å². The Balaban J connectivity index is 2.27. The molecule has 1 aliphatic carbocycles. The van der Waals surface area contributed by atoms with Crippen molar-refractivity contribution in [3.05, 3.63) is 0 Å². The number of hydrogen-bond acceptors (Lipinski definition) is 3. The van der Waals surface area contributed by atoms with E-state index in [1.807, 2.05) is 0 Å². The van der Waals surface area contributed by atoms with Crippen LogP contribution in [0.3, 0.4) is 0 Å². The molecule has 3 N–H and O–H groups in total. The lowest BCUT2D eigenvalue weighted by Crippen LogP contribution is -2.42. The topological polar surface area (TPSA) is 58.4 Å². The van der Waals surface area contributed by atoms with Gasteiger partial charge in [0.1, 0.15) is 0 Å². The minimum absolute atomic E-state index is 0.0116. The van der Waals surface area contributed by atoms with Crippen LogP contribution in [0.1, 0.15) is 33.1 Å². The Morgan fingerprint density at radius 1 is 1.41 bits per heavy atom. The van der Waals surface area contributed by atoms with Crippen molar-refractivity contribution in [2.45, 2.75) is 33.1 Å². The molecule has 1 saturated carbocycles. The number of hydrogen-bond donors (Lipinski definition) is 2. The molecule has 0 aliphatic heterocycles. The smallest absolute Gasteiger partial charge is 0.233 e. The molecule has 1 fully saturated rings. The molecule has 98 valence electrons. The average molecular weight is 257 g/mol. The highest BCUT2D eigenvalue weighted by Crippen LogP contribution is 2.46. The van der Waals surface area contributed by atoms with Crippen LogP contribution in [0.2, 0.25) is 0 Å². The van der Waals surface area contributed by atoms with Crippen LogP contribution in [0.25, 0.3) is 0 Å². The van der Waals surface area contributed by atoms with E-state index < -0.39 is 5.41 Å². The van der Waals surface area contributed by atoms with Crippen molar-refractivity contribution in [1.82, 2.24) is 10.2 Å². The SMILES string of the molecule is CCCN(CC)CCNC(=O)C1(C(N)=S)CC1. The third kappa shape index (κ3) is 3.64. The molecule has 0 radical (unpaired) electrons. The van der Waals surface area contributed by atoms with Crippen molar-refractivity contribution in [2.75, 3.05) is 26.2 Å². The normalized spacial score (nSPS) is 16.9. The van der Waals surface area contributed by atoms with Crippen LogP contribution in [-0.4, -0.2) is 42.0 Å². The molecule has 1 amide bonds. The van der Waals surface area contributed by atoms with Crippen LogP contribution in [0.5, 0.6) is 0 Å². The average Bonchev–Trinajstić information content (AvgIpc) is 3.08. The molecule has 0 bridgehead atoms. The van der Waals surface area contributed by atoms with Gasteiger partial charge in [0.2, 0.25) is 5.91 Å². The Kier molecular flexibility index (Phi) is 5.33. The van der Waals surface area contributed by atoms with Crippen LogP contribution < -0.4 is 11.1 Å². The van der Waals surface area contributed by atoms with Crippen molar-refractivity contribution in [1.29, 1.82) is 0 Å². The molecule has 0 aromatic heterocycles. The van der Waals surface area contributed by atoms with Gasteiger partial charge in [-0.1, -0.05) is 26.1 Å². The second kappa shape index (κ2) is 6.31. The summed E-state index contributed by atoms with van der Waals surface area (Å²) in [5.41, 5.74) is 5.08. The highest BCUT2D eigenvalue weighted by atomic mass is 32.1. The van der Waals surface area contributed by atoms with E-state index in [0.717, 1.165) is 38.9 Å². The Bertz CT molecular complexity index is 289. The maximum Gasteiger partial charge on any atom is 0.233 e. The van der Waals surface area contributed by atoms with Crippen molar-refractivity contribution in [3.63, 3.8) is 0 Å². The van der Waals surface area contributed by atoms with Crippen LogP contribution in [0.4, 0.5) is 0 Å². The highest BCUT2D eigenvalue weighted by Gasteiger charge is 2.52. The van der Waals surface area contributed by atoms with Gasteiger partial charge < -0.3 is 16.0 Å². The van der Waals surface area contributed by atoms with Crippen molar-refractivity contribution in [2.24, 2.45) is 11.1 Å². The third-order valence-electron chi connectivity index (χ3n) is 3.36. The Morgan fingerprint density at radius 3 is 2.47 bits per heavy atom. The first kappa shape index (κ1) is 14.4. The molecule has 0 atom stereocenters. The number of thiocarbonyl (C=S) groups is 1. The van der Waals surface area contributed by atoms with E-state index in [2.05, 4.69) is 24.1 Å². The van der Waals surface area contributed by atoms with E-state index in [0.29, 0.717) is 11.5 Å². The lowest BCUT2D eigenvalue weighted by molar-refractivity contribution is -0.124. The molecule has 0 aromatic rings. The predicted octanol–water partition coefficient (Wildman–Crippen LogP) is 0.901. The highest BCUT2D eigenvalue weighted by molar-refractivity contribution is 7.80. The molecule has 0 heterocycles. The second-order valence-electron chi connectivity index (χ2n) is 4.64. The van der Waals surface area contributed by atoms with Gasteiger partial charge >= 0.3 is 0 Å². The summed E-state index contributed by atoms with van der Waals surface area (Å²) in [6, 6.07) is 0. The zero-order valence-corrected chi connectivity index (χ0v) is 11.6. The fourth-order valence-electron chi connectivity index (χ4n) is 1.95. The van der Waals surface area contributed by atoms with Gasteiger partial charge in [-0.15, -0.1) is 0 Å². The summed E-state index contributed by atoms with van der Waals surface area (Å²) in [4.78, 5) is 14.6. The largest absolute Gasteiger partial charge is 0.392 e. The number of amides is 1. The van der Waals surface area contributed by atoms with Gasteiger partial charge in [-0.2, -0.15) is 0 Å². The number of nitrogens with zero attached hydrogens (tertiary/aromatic N) is 1. The summed E-state index contributed by atoms with van der Waals surface area (Å²) >= 11 is 4.94. The Hall–Kier alpha value is -0.680. The summed E-state index contributed by atoms with van der Waals surface area (Å²) in [6.45, 7) is 7.96. The standard InChI is InChI=1S/C12H23N3OS/c1-3-8-15(4-2)9-7-14-11(16)12(5-6-12)10(13)17/h3-9H2,1-2H3,(H2,13,17)(H,14,16). The van der Waals surface area contributed by atoms with E-state index >= 15 is 0 Å². The summed E-state index contributed by atoms with van der Waals surface area (Å²) < 4.78 is 0. The molecule has 0 aromatic carbocycles. The number of nitrogens with one attached hydrogen (secondary N) is 1. The van der Waals surface area contributed by atoms with Crippen molar-refractivity contribution >= 4 is 23.1 Å². The summed E-state index contributed by atoms with van der Waals surface area (Å²) in [5, 5.41) is 2.94. The molecule has 4 nitrogen and oxygen atoms in total. The predicted molar refractivity (Wildman–Crippen MR) is 73.9 cm³/mol.